The summed E-state index contributed by atoms with van der Waals surface area (Å²) in [5.74, 6) is 6.28. The molecule has 3 N–H and O–H groups in total. The summed E-state index contributed by atoms with van der Waals surface area (Å²) in [7, 11) is 3.43. The van der Waals surface area contributed by atoms with Crippen molar-refractivity contribution in [3.8, 4) is 5.75 Å². The highest BCUT2D eigenvalue weighted by Crippen LogP contribution is 2.33. The molecule has 92 valence electrons. The quantitative estimate of drug-likeness (QED) is 0.658. The van der Waals surface area contributed by atoms with E-state index in [9.17, 15) is 0 Å². The van der Waals surface area contributed by atoms with Crippen LogP contribution in [0.25, 0.3) is 0 Å². The highest BCUT2D eigenvalue weighted by Gasteiger charge is 2.24. The van der Waals surface area contributed by atoms with Gasteiger partial charge in [0.2, 0.25) is 0 Å². The first-order chi connectivity index (χ1) is 8.19. The maximum absolute atomic E-state index is 5.61. The van der Waals surface area contributed by atoms with Gasteiger partial charge in [0.1, 0.15) is 5.69 Å². The topological polar surface area (TPSA) is 78.2 Å². The molecule has 0 saturated carbocycles. The van der Waals surface area contributed by atoms with Crippen LogP contribution in [0.1, 0.15) is 17.3 Å². The molecule has 0 saturated heterocycles. The van der Waals surface area contributed by atoms with Crippen molar-refractivity contribution in [2.45, 2.75) is 6.04 Å². The number of hydrazine groups is 1. The van der Waals surface area contributed by atoms with Crippen LogP contribution < -0.4 is 16.0 Å². The van der Waals surface area contributed by atoms with Gasteiger partial charge in [-0.05, 0) is 22.0 Å². The van der Waals surface area contributed by atoms with E-state index in [1.807, 2.05) is 13.1 Å². The Labute approximate surface area is 107 Å². The molecule has 2 aromatic rings. The van der Waals surface area contributed by atoms with Gasteiger partial charge in [0.25, 0.3) is 0 Å². The van der Waals surface area contributed by atoms with Gasteiger partial charge in [-0.2, -0.15) is 5.10 Å². The van der Waals surface area contributed by atoms with E-state index in [4.69, 9.17) is 15.0 Å². The standard InChI is InChI=1S/C10H13BrN4O2/c1-15-9(7(16-2)5-13-15)8(14-12)6-3-4-17-10(6)11/h3-5,8,14H,12H2,1-2H3. The van der Waals surface area contributed by atoms with E-state index >= 15 is 0 Å². The van der Waals surface area contributed by atoms with E-state index in [2.05, 4.69) is 26.5 Å². The van der Waals surface area contributed by atoms with E-state index in [-0.39, 0.29) is 6.04 Å². The lowest BCUT2D eigenvalue weighted by molar-refractivity contribution is 0.400. The van der Waals surface area contributed by atoms with Crippen LogP contribution in [0, 0.1) is 0 Å². The van der Waals surface area contributed by atoms with Gasteiger partial charge in [-0.1, -0.05) is 0 Å². The van der Waals surface area contributed by atoms with Crippen LogP contribution in [-0.2, 0) is 7.05 Å². The number of nitrogens with zero attached hydrogens (tertiary/aromatic N) is 2. The molecule has 0 aromatic carbocycles. The van der Waals surface area contributed by atoms with Gasteiger partial charge < -0.3 is 9.15 Å². The van der Waals surface area contributed by atoms with Crippen LogP contribution in [0.15, 0.2) is 27.6 Å². The van der Waals surface area contributed by atoms with Crippen LogP contribution in [0.4, 0.5) is 0 Å². The zero-order chi connectivity index (χ0) is 12.4. The normalized spacial score (nSPS) is 12.7. The lowest BCUT2D eigenvalue weighted by Crippen LogP contribution is -2.30. The number of aromatic nitrogens is 2. The number of furan rings is 1. The molecular weight excluding hydrogens is 288 g/mol. The number of hydrogen-bond acceptors (Lipinski definition) is 5. The second-order valence-electron chi connectivity index (χ2n) is 3.47. The number of hydrogen-bond donors (Lipinski definition) is 2. The molecule has 0 spiro atoms. The summed E-state index contributed by atoms with van der Waals surface area (Å²) >= 11 is 3.33. The van der Waals surface area contributed by atoms with Crippen molar-refractivity contribution >= 4 is 15.9 Å². The first-order valence-corrected chi connectivity index (χ1v) is 5.73. The summed E-state index contributed by atoms with van der Waals surface area (Å²) in [6, 6.07) is 1.58. The maximum atomic E-state index is 5.61. The van der Waals surface area contributed by atoms with Crippen LogP contribution in [0.2, 0.25) is 0 Å². The minimum absolute atomic E-state index is 0.259. The molecule has 0 amide bonds. The third-order valence-corrected chi connectivity index (χ3v) is 3.21. The minimum atomic E-state index is -0.259. The first-order valence-electron chi connectivity index (χ1n) is 4.94. The Kier molecular flexibility index (Phi) is 3.51. The average molecular weight is 301 g/mol. The summed E-state index contributed by atoms with van der Waals surface area (Å²) in [5.41, 5.74) is 4.45. The summed E-state index contributed by atoms with van der Waals surface area (Å²) in [5, 5.41) is 4.15. The monoisotopic (exact) mass is 300 g/mol. The van der Waals surface area contributed by atoms with Gasteiger partial charge in [-0.25, -0.2) is 5.43 Å². The Morgan fingerprint density at radius 3 is 2.94 bits per heavy atom. The predicted octanol–water partition coefficient (Wildman–Crippen LogP) is 1.34. The smallest absolute Gasteiger partial charge is 0.174 e. The molecule has 0 bridgehead atoms. The van der Waals surface area contributed by atoms with Gasteiger partial charge in [-0.3, -0.25) is 10.5 Å². The number of ether oxygens (including phenoxy) is 1. The van der Waals surface area contributed by atoms with Crippen LogP contribution >= 0.6 is 15.9 Å². The molecule has 1 atom stereocenters. The Morgan fingerprint density at radius 1 is 1.65 bits per heavy atom. The lowest BCUT2D eigenvalue weighted by atomic mass is 10.1. The van der Waals surface area contributed by atoms with Crippen molar-refractivity contribution in [1.82, 2.24) is 15.2 Å². The maximum Gasteiger partial charge on any atom is 0.174 e. The Bertz CT molecular complexity index is 508. The summed E-state index contributed by atoms with van der Waals surface area (Å²) < 4.78 is 12.8. The van der Waals surface area contributed by atoms with Crippen molar-refractivity contribution < 1.29 is 9.15 Å². The SMILES string of the molecule is COc1cnn(C)c1C(NN)c1ccoc1Br. The minimum Gasteiger partial charge on any atom is -0.493 e. The average Bonchev–Trinajstić information content (AvgIpc) is 2.89. The molecule has 2 aromatic heterocycles. The number of nitrogens with two attached hydrogens (primary N) is 1. The molecule has 0 fully saturated rings. The Balaban J connectivity index is 2.49. The van der Waals surface area contributed by atoms with E-state index in [0.717, 1.165) is 11.3 Å². The molecule has 0 aliphatic carbocycles. The van der Waals surface area contributed by atoms with E-state index in [0.29, 0.717) is 10.4 Å². The third-order valence-electron chi connectivity index (χ3n) is 2.57. The molecule has 17 heavy (non-hydrogen) atoms. The lowest BCUT2D eigenvalue weighted by Gasteiger charge is -2.16. The second-order valence-corrected chi connectivity index (χ2v) is 4.19. The molecular formula is C10H13BrN4O2. The van der Waals surface area contributed by atoms with Gasteiger partial charge in [-0.15, -0.1) is 0 Å². The van der Waals surface area contributed by atoms with E-state index < -0.39 is 0 Å². The van der Waals surface area contributed by atoms with Gasteiger partial charge in [0.05, 0.1) is 25.6 Å². The summed E-state index contributed by atoms with van der Waals surface area (Å²) in [6.07, 6.45) is 3.24. The highest BCUT2D eigenvalue weighted by atomic mass is 79.9. The predicted molar refractivity (Wildman–Crippen MR) is 65.3 cm³/mol. The zero-order valence-electron chi connectivity index (χ0n) is 9.48. The van der Waals surface area contributed by atoms with Crippen LogP contribution in [0.5, 0.6) is 5.75 Å². The van der Waals surface area contributed by atoms with Gasteiger partial charge >= 0.3 is 0 Å². The zero-order valence-corrected chi connectivity index (χ0v) is 11.1. The molecule has 7 heteroatoms. The molecule has 0 aliphatic rings. The van der Waals surface area contributed by atoms with Crippen molar-refractivity contribution in [1.29, 1.82) is 0 Å². The third kappa shape index (κ3) is 2.08. The number of aryl methyl sites for hydroxylation is 1. The van der Waals surface area contributed by atoms with Crippen molar-refractivity contribution in [3.05, 3.63) is 34.5 Å². The Morgan fingerprint density at radius 2 is 2.41 bits per heavy atom. The van der Waals surface area contributed by atoms with Gasteiger partial charge in [0.15, 0.2) is 10.4 Å². The molecule has 1 unspecified atom stereocenters. The first kappa shape index (κ1) is 12.2. The second kappa shape index (κ2) is 4.91. The largest absolute Gasteiger partial charge is 0.493 e. The fourth-order valence-corrected chi connectivity index (χ4v) is 2.21. The van der Waals surface area contributed by atoms with Gasteiger partial charge in [0, 0.05) is 12.6 Å². The summed E-state index contributed by atoms with van der Waals surface area (Å²) in [6.45, 7) is 0. The molecule has 2 heterocycles. The Hall–Kier alpha value is -1.31. The fourth-order valence-electron chi connectivity index (χ4n) is 1.74. The molecule has 0 radical (unpaired) electrons. The molecule has 6 nitrogen and oxygen atoms in total. The van der Waals surface area contributed by atoms with E-state index in [1.165, 1.54) is 0 Å². The molecule has 0 aliphatic heterocycles. The van der Waals surface area contributed by atoms with Crippen LogP contribution in [0.3, 0.4) is 0 Å². The molecule has 2 rings (SSSR count). The summed E-state index contributed by atoms with van der Waals surface area (Å²) in [4.78, 5) is 0. The number of rotatable bonds is 4. The van der Waals surface area contributed by atoms with Crippen molar-refractivity contribution in [3.63, 3.8) is 0 Å². The van der Waals surface area contributed by atoms with Crippen LogP contribution in [-0.4, -0.2) is 16.9 Å². The fraction of sp³-hybridized carbons (Fsp3) is 0.300. The van der Waals surface area contributed by atoms with Crippen molar-refractivity contribution in [2.24, 2.45) is 12.9 Å². The number of halogens is 1. The van der Waals surface area contributed by atoms with E-state index in [1.54, 1.807) is 24.3 Å². The number of nitrogens with one attached hydrogen (secondary N) is 1. The van der Waals surface area contributed by atoms with Crippen molar-refractivity contribution in [2.75, 3.05) is 7.11 Å². The number of methoxy groups -OCH3 is 1. The highest BCUT2D eigenvalue weighted by molar-refractivity contribution is 9.10.